The van der Waals surface area contributed by atoms with Crippen molar-refractivity contribution in [3.05, 3.63) is 35.9 Å². The van der Waals surface area contributed by atoms with E-state index in [0.717, 1.165) is 6.54 Å². The van der Waals surface area contributed by atoms with Crippen LogP contribution in [0.25, 0.3) is 0 Å². The summed E-state index contributed by atoms with van der Waals surface area (Å²) in [7, 11) is 4.15. The quantitative estimate of drug-likeness (QED) is 0.692. The molecule has 0 saturated heterocycles. The second-order valence-corrected chi connectivity index (χ2v) is 2.72. The number of nitrogens with zero attached hydrogens (tertiary/aromatic N) is 1. The lowest BCUT2D eigenvalue weighted by Crippen LogP contribution is -2.10. The van der Waals surface area contributed by atoms with Crippen molar-refractivity contribution in [3.8, 4) is 0 Å². The fraction of sp³-hybridized carbons (Fsp3) is 0.333. The van der Waals surface area contributed by atoms with E-state index in [2.05, 4.69) is 43.3 Å². The first kappa shape index (κ1) is 14.0. The third-order valence-electron chi connectivity index (χ3n) is 1.34. The van der Waals surface area contributed by atoms with Crippen LogP contribution in [0.15, 0.2) is 30.3 Å². The summed E-state index contributed by atoms with van der Waals surface area (Å²) in [6, 6.07) is 10.5. The third-order valence-corrected chi connectivity index (χ3v) is 1.34. The van der Waals surface area contributed by atoms with Crippen molar-refractivity contribution in [3.63, 3.8) is 0 Å². The average Bonchev–Trinajstić information content (AvgIpc) is 1.88. The Morgan fingerprint density at radius 1 is 1.08 bits per heavy atom. The van der Waals surface area contributed by atoms with Crippen LogP contribution in [0.2, 0.25) is 0 Å². The Morgan fingerprint density at radius 2 is 1.58 bits per heavy atom. The third kappa shape index (κ3) is 5.13. The summed E-state index contributed by atoms with van der Waals surface area (Å²) in [5, 5.41) is 0. The van der Waals surface area contributed by atoms with Crippen LogP contribution in [-0.2, 0) is 6.54 Å². The maximum atomic E-state index is 2.16. The largest absolute Gasteiger partial charge is 0.412 e. The van der Waals surface area contributed by atoms with Gasteiger partial charge in [0.2, 0.25) is 0 Å². The van der Waals surface area contributed by atoms with E-state index in [1.807, 2.05) is 6.07 Å². The lowest BCUT2D eigenvalue weighted by atomic mass is 10.2. The Hall–Kier alpha value is -0.570. The molecule has 0 atom stereocenters. The van der Waals surface area contributed by atoms with E-state index < -0.39 is 0 Å². The summed E-state index contributed by atoms with van der Waals surface area (Å²) < 4.78 is 0. The smallest absolute Gasteiger partial charge is 0.0227 e. The minimum absolute atomic E-state index is 0. The van der Waals surface area contributed by atoms with Crippen LogP contribution >= 0.6 is 12.4 Å². The summed E-state index contributed by atoms with van der Waals surface area (Å²) in [5.41, 5.74) is 1.37. The van der Waals surface area contributed by atoms with Gasteiger partial charge in [0.25, 0.3) is 0 Å². The predicted molar refractivity (Wildman–Crippen MR) is 54.7 cm³/mol. The van der Waals surface area contributed by atoms with Gasteiger partial charge in [0.05, 0.1) is 0 Å². The number of halogens is 1. The van der Waals surface area contributed by atoms with Gasteiger partial charge < -0.3 is 10.4 Å². The highest BCUT2D eigenvalue weighted by molar-refractivity contribution is 5.85. The zero-order valence-electron chi connectivity index (χ0n) is 7.45. The molecule has 3 heteroatoms. The molecule has 0 aromatic heterocycles. The van der Waals surface area contributed by atoms with Crippen LogP contribution in [-0.4, -0.2) is 24.5 Å². The van der Waals surface area contributed by atoms with Gasteiger partial charge in [-0.25, -0.2) is 0 Å². The Balaban J connectivity index is 0. The molecule has 0 saturated carbocycles. The molecular weight excluding hydrogens is 174 g/mol. The van der Waals surface area contributed by atoms with Gasteiger partial charge in [0.1, 0.15) is 0 Å². The molecule has 0 spiro atoms. The first-order valence-corrected chi connectivity index (χ1v) is 3.47. The topological polar surface area (TPSA) is 34.7 Å². The van der Waals surface area contributed by atoms with E-state index in [4.69, 9.17) is 0 Å². The van der Waals surface area contributed by atoms with Gasteiger partial charge in [-0.05, 0) is 19.7 Å². The molecule has 0 amide bonds. The van der Waals surface area contributed by atoms with E-state index in [0.29, 0.717) is 0 Å². The number of hydrogen-bond donors (Lipinski definition) is 0. The maximum absolute atomic E-state index is 2.16. The molecule has 1 aromatic carbocycles. The fourth-order valence-corrected chi connectivity index (χ4v) is 0.949. The second kappa shape index (κ2) is 7.10. The predicted octanol–water partition coefficient (Wildman–Crippen LogP) is 1.35. The van der Waals surface area contributed by atoms with Crippen LogP contribution in [0, 0.1) is 0 Å². The van der Waals surface area contributed by atoms with Gasteiger partial charge in [-0.1, -0.05) is 30.3 Å². The lowest BCUT2D eigenvalue weighted by Gasteiger charge is -2.08. The normalized spacial score (nSPS) is 8.58. The second-order valence-electron chi connectivity index (χ2n) is 2.72. The van der Waals surface area contributed by atoms with Gasteiger partial charge in [-0.3, -0.25) is 0 Å². The van der Waals surface area contributed by atoms with Crippen LogP contribution < -0.4 is 0 Å². The summed E-state index contributed by atoms with van der Waals surface area (Å²) in [6.07, 6.45) is 0. The molecular formula is C9H16ClNO. The zero-order valence-corrected chi connectivity index (χ0v) is 8.27. The number of rotatable bonds is 2. The van der Waals surface area contributed by atoms with Gasteiger partial charge in [-0.15, -0.1) is 12.4 Å². The molecule has 1 aromatic rings. The molecule has 12 heavy (non-hydrogen) atoms. The van der Waals surface area contributed by atoms with Crippen molar-refractivity contribution in [1.82, 2.24) is 4.90 Å². The van der Waals surface area contributed by atoms with Crippen LogP contribution in [0.1, 0.15) is 5.56 Å². The van der Waals surface area contributed by atoms with Crippen LogP contribution in [0.4, 0.5) is 0 Å². The average molecular weight is 190 g/mol. The van der Waals surface area contributed by atoms with Crippen molar-refractivity contribution in [2.75, 3.05) is 14.1 Å². The molecule has 0 aliphatic heterocycles. The van der Waals surface area contributed by atoms with E-state index in [1.54, 1.807) is 0 Å². The van der Waals surface area contributed by atoms with Crippen molar-refractivity contribution >= 4 is 12.4 Å². The van der Waals surface area contributed by atoms with E-state index >= 15 is 0 Å². The molecule has 2 nitrogen and oxygen atoms in total. The monoisotopic (exact) mass is 189 g/mol. The summed E-state index contributed by atoms with van der Waals surface area (Å²) in [4.78, 5) is 2.16. The van der Waals surface area contributed by atoms with Gasteiger partial charge in [0, 0.05) is 6.54 Å². The van der Waals surface area contributed by atoms with Crippen molar-refractivity contribution < 1.29 is 5.48 Å². The van der Waals surface area contributed by atoms with Gasteiger partial charge in [0.15, 0.2) is 0 Å². The SMILES string of the molecule is CN(C)Cc1ccccc1.Cl.O. The molecule has 70 valence electrons. The Bertz CT molecular complexity index is 189. The Labute approximate surface area is 79.9 Å². The maximum Gasteiger partial charge on any atom is 0.0227 e. The fourth-order valence-electron chi connectivity index (χ4n) is 0.949. The summed E-state index contributed by atoms with van der Waals surface area (Å²) in [6.45, 7) is 1.03. The number of hydrogen-bond acceptors (Lipinski definition) is 1. The van der Waals surface area contributed by atoms with Crippen molar-refractivity contribution in [2.24, 2.45) is 0 Å². The molecule has 0 radical (unpaired) electrons. The molecule has 2 N–H and O–H groups in total. The molecule has 0 bridgehead atoms. The Kier molecular flexibility index (Phi) is 8.27. The molecule has 0 aliphatic rings. The molecule has 0 unspecified atom stereocenters. The van der Waals surface area contributed by atoms with Crippen LogP contribution in [0.3, 0.4) is 0 Å². The number of benzene rings is 1. The van der Waals surface area contributed by atoms with Gasteiger partial charge >= 0.3 is 0 Å². The highest BCUT2D eigenvalue weighted by Gasteiger charge is 1.90. The lowest BCUT2D eigenvalue weighted by molar-refractivity contribution is 0.402. The summed E-state index contributed by atoms with van der Waals surface area (Å²) >= 11 is 0. The van der Waals surface area contributed by atoms with E-state index in [1.165, 1.54) is 5.56 Å². The van der Waals surface area contributed by atoms with E-state index in [-0.39, 0.29) is 17.9 Å². The molecule has 0 heterocycles. The highest BCUT2D eigenvalue weighted by Crippen LogP contribution is 1.99. The minimum Gasteiger partial charge on any atom is -0.412 e. The molecule has 0 aliphatic carbocycles. The zero-order chi connectivity index (χ0) is 7.40. The minimum atomic E-state index is 0. The Morgan fingerprint density at radius 3 is 2.00 bits per heavy atom. The molecule has 1 rings (SSSR count). The van der Waals surface area contributed by atoms with Crippen LogP contribution in [0.5, 0.6) is 0 Å². The van der Waals surface area contributed by atoms with Crippen molar-refractivity contribution in [2.45, 2.75) is 6.54 Å². The van der Waals surface area contributed by atoms with E-state index in [9.17, 15) is 0 Å². The molecule has 0 fully saturated rings. The first-order valence-electron chi connectivity index (χ1n) is 3.47. The first-order chi connectivity index (χ1) is 4.79. The highest BCUT2D eigenvalue weighted by atomic mass is 35.5. The summed E-state index contributed by atoms with van der Waals surface area (Å²) in [5.74, 6) is 0. The van der Waals surface area contributed by atoms with Gasteiger partial charge in [-0.2, -0.15) is 0 Å². The standard InChI is InChI=1S/C9H13N.ClH.H2O/c1-10(2)8-9-6-4-3-5-7-9;;/h3-7H,8H2,1-2H3;1H;1H2. The van der Waals surface area contributed by atoms with Crippen molar-refractivity contribution in [1.29, 1.82) is 0 Å².